The highest BCUT2D eigenvalue weighted by molar-refractivity contribution is 7.10. The summed E-state index contributed by atoms with van der Waals surface area (Å²) < 4.78 is 16.0. The third-order valence-electron chi connectivity index (χ3n) is 2.68. The minimum Gasteiger partial charge on any atom is -0.376 e. The van der Waals surface area contributed by atoms with Crippen molar-refractivity contribution in [3.05, 3.63) is 16.2 Å². The zero-order valence-corrected chi connectivity index (χ0v) is 11.2. The molecule has 2 unspecified atom stereocenters. The molecule has 0 radical (unpaired) electrons. The van der Waals surface area contributed by atoms with Crippen molar-refractivity contribution < 1.29 is 14.0 Å². The van der Waals surface area contributed by atoms with E-state index in [1.54, 1.807) is 0 Å². The molecule has 2 aromatic heterocycles. The summed E-state index contributed by atoms with van der Waals surface area (Å²) in [5, 5.41) is 6.61. The van der Waals surface area contributed by atoms with Crippen LogP contribution in [0.1, 0.15) is 29.9 Å². The smallest absolute Gasteiger partial charge is 0.277 e. The normalized spacial score (nSPS) is 21.5. The minimum absolute atomic E-state index is 0.101. The Balaban J connectivity index is 1.79. The van der Waals surface area contributed by atoms with Gasteiger partial charge in [-0.05, 0) is 6.92 Å². The second-order valence-corrected chi connectivity index (χ2v) is 5.14. The molecule has 0 saturated carbocycles. The molecule has 1 saturated heterocycles. The maximum atomic E-state index is 5.77. The van der Waals surface area contributed by atoms with Crippen LogP contribution in [0.25, 0.3) is 11.6 Å². The van der Waals surface area contributed by atoms with Gasteiger partial charge in [0.15, 0.2) is 0 Å². The molecular formula is C11H14N4O3S. The summed E-state index contributed by atoms with van der Waals surface area (Å²) in [6.07, 6.45) is -0.266. The lowest BCUT2D eigenvalue weighted by molar-refractivity contribution is -0.0941. The molecule has 0 aliphatic carbocycles. The first-order valence-corrected chi connectivity index (χ1v) is 6.86. The molecule has 3 rings (SSSR count). The van der Waals surface area contributed by atoms with Crippen molar-refractivity contribution in [3.8, 4) is 11.6 Å². The summed E-state index contributed by atoms with van der Waals surface area (Å²) in [5.74, 6) is 0.873. The molecule has 3 heterocycles. The Bertz CT molecular complexity index is 548. The third-order valence-corrected chi connectivity index (χ3v) is 3.72. The highest BCUT2D eigenvalue weighted by atomic mass is 32.1. The lowest BCUT2D eigenvalue weighted by Gasteiger charge is -2.19. The highest BCUT2D eigenvalue weighted by Crippen LogP contribution is 2.25. The third kappa shape index (κ3) is 2.66. The van der Waals surface area contributed by atoms with Gasteiger partial charge in [0.05, 0.1) is 25.9 Å². The van der Waals surface area contributed by atoms with Gasteiger partial charge in [0.25, 0.3) is 5.89 Å². The van der Waals surface area contributed by atoms with Gasteiger partial charge in [-0.2, -0.15) is 4.98 Å². The fraction of sp³-hybridized carbons (Fsp3) is 0.545. The van der Waals surface area contributed by atoms with Gasteiger partial charge in [-0.1, -0.05) is 5.16 Å². The minimum atomic E-state index is -0.266. The van der Waals surface area contributed by atoms with Crippen molar-refractivity contribution >= 4 is 11.3 Å². The van der Waals surface area contributed by atoms with E-state index in [2.05, 4.69) is 15.1 Å². The number of nitrogens with two attached hydrogens (primary N) is 1. The second kappa shape index (κ2) is 5.33. The van der Waals surface area contributed by atoms with Crippen molar-refractivity contribution in [2.75, 3.05) is 19.8 Å². The first-order chi connectivity index (χ1) is 9.24. The topological polar surface area (TPSA) is 96.3 Å². The standard InChI is InChI=1S/C11H14N4O3S/c1-6(12)11-13-7(5-19-11)10-14-9(15-18-10)8-4-16-2-3-17-8/h5-6,8H,2-4,12H2,1H3. The molecule has 1 aliphatic heterocycles. The van der Waals surface area contributed by atoms with Crippen LogP contribution in [0.15, 0.2) is 9.90 Å². The first-order valence-electron chi connectivity index (χ1n) is 5.98. The van der Waals surface area contributed by atoms with Crippen LogP contribution in [0.5, 0.6) is 0 Å². The zero-order chi connectivity index (χ0) is 13.2. The van der Waals surface area contributed by atoms with E-state index in [9.17, 15) is 0 Å². The van der Waals surface area contributed by atoms with Gasteiger partial charge in [0.2, 0.25) is 5.82 Å². The molecule has 102 valence electrons. The van der Waals surface area contributed by atoms with E-state index >= 15 is 0 Å². The summed E-state index contributed by atoms with van der Waals surface area (Å²) in [6.45, 7) is 3.47. The number of hydrogen-bond acceptors (Lipinski definition) is 8. The maximum absolute atomic E-state index is 5.77. The van der Waals surface area contributed by atoms with Crippen LogP contribution in [0, 0.1) is 0 Å². The van der Waals surface area contributed by atoms with E-state index in [1.807, 2.05) is 12.3 Å². The van der Waals surface area contributed by atoms with Crippen molar-refractivity contribution in [1.82, 2.24) is 15.1 Å². The number of rotatable bonds is 3. The fourth-order valence-corrected chi connectivity index (χ4v) is 2.45. The summed E-state index contributed by atoms with van der Waals surface area (Å²) in [5.41, 5.74) is 6.42. The van der Waals surface area contributed by atoms with E-state index in [0.29, 0.717) is 37.2 Å². The van der Waals surface area contributed by atoms with Crippen LogP contribution in [-0.2, 0) is 9.47 Å². The van der Waals surface area contributed by atoms with Crippen molar-refractivity contribution in [3.63, 3.8) is 0 Å². The molecular weight excluding hydrogens is 268 g/mol. The van der Waals surface area contributed by atoms with Gasteiger partial charge < -0.3 is 19.7 Å². The van der Waals surface area contributed by atoms with E-state index in [0.717, 1.165) is 5.01 Å². The van der Waals surface area contributed by atoms with Crippen molar-refractivity contribution in [1.29, 1.82) is 0 Å². The van der Waals surface area contributed by atoms with Gasteiger partial charge >= 0.3 is 0 Å². The molecule has 1 fully saturated rings. The van der Waals surface area contributed by atoms with Crippen LogP contribution in [0.2, 0.25) is 0 Å². The lowest BCUT2D eigenvalue weighted by Crippen LogP contribution is -2.22. The number of aromatic nitrogens is 3. The number of thiazole rings is 1. The number of hydrogen-bond donors (Lipinski definition) is 1. The molecule has 2 aromatic rings. The predicted molar refractivity (Wildman–Crippen MR) is 67.5 cm³/mol. The first kappa shape index (κ1) is 12.7. The monoisotopic (exact) mass is 282 g/mol. The Morgan fingerprint density at radius 2 is 2.32 bits per heavy atom. The maximum Gasteiger partial charge on any atom is 0.277 e. The molecule has 19 heavy (non-hydrogen) atoms. The molecule has 8 heteroatoms. The second-order valence-electron chi connectivity index (χ2n) is 4.25. The summed E-state index contributed by atoms with van der Waals surface area (Å²) in [4.78, 5) is 8.66. The van der Waals surface area contributed by atoms with Crippen LogP contribution >= 0.6 is 11.3 Å². The SMILES string of the molecule is CC(N)c1nc(-c2nc(C3COCCO3)no2)cs1. The zero-order valence-electron chi connectivity index (χ0n) is 10.4. The Hall–Kier alpha value is -1.35. The Kier molecular flexibility index (Phi) is 3.56. The number of nitrogens with zero attached hydrogens (tertiary/aromatic N) is 3. The van der Waals surface area contributed by atoms with Crippen LogP contribution in [-0.4, -0.2) is 34.9 Å². The average molecular weight is 282 g/mol. The van der Waals surface area contributed by atoms with Gasteiger partial charge in [-0.15, -0.1) is 11.3 Å². The van der Waals surface area contributed by atoms with Crippen LogP contribution < -0.4 is 5.73 Å². The molecule has 0 bridgehead atoms. The quantitative estimate of drug-likeness (QED) is 0.906. The number of ether oxygens (including phenoxy) is 2. The van der Waals surface area contributed by atoms with Gasteiger partial charge in [0, 0.05) is 5.38 Å². The molecule has 0 spiro atoms. The Labute approximate surface area is 113 Å². The molecule has 2 atom stereocenters. The van der Waals surface area contributed by atoms with E-state index < -0.39 is 0 Å². The van der Waals surface area contributed by atoms with Crippen LogP contribution in [0.4, 0.5) is 0 Å². The Morgan fingerprint density at radius 3 is 3.00 bits per heavy atom. The lowest BCUT2D eigenvalue weighted by atomic mass is 10.3. The molecule has 0 aromatic carbocycles. The molecule has 1 aliphatic rings. The fourth-order valence-electron chi connectivity index (χ4n) is 1.70. The average Bonchev–Trinajstić information content (AvgIpc) is 3.09. The van der Waals surface area contributed by atoms with Gasteiger partial charge in [-0.3, -0.25) is 0 Å². The largest absolute Gasteiger partial charge is 0.376 e. The van der Waals surface area contributed by atoms with E-state index in [4.69, 9.17) is 19.7 Å². The highest BCUT2D eigenvalue weighted by Gasteiger charge is 2.23. The van der Waals surface area contributed by atoms with Crippen LogP contribution in [0.3, 0.4) is 0 Å². The Morgan fingerprint density at radius 1 is 1.42 bits per heavy atom. The molecule has 0 amide bonds. The van der Waals surface area contributed by atoms with Gasteiger partial charge in [-0.25, -0.2) is 4.98 Å². The molecule has 2 N–H and O–H groups in total. The molecule has 7 nitrogen and oxygen atoms in total. The van der Waals surface area contributed by atoms with Gasteiger partial charge in [0.1, 0.15) is 16.8 Å². The van der Waals surface area contributed by atoms with Crippen molar-refractivity contribution in [2.45, 2.75) is 19.1 Å². The van der Waals surface area contributed by atoms with Crippen molar-refractivity contribution in [2.24, 2.45) is 5.73 Å². The van der Waals surface area contributed by atoms with E-state index in [1.165, 1.54) is 11.3 Å². The summed E-state index contributed by atoms with van der Waals surface area (Å²) >= 11 is 1.48. The van der Waals surface area contributed by atoms with E-state index in [-0.39, 0.29) is 12.1 Å². The summed E-state index contributed by atoms with van der Waals surface area (Å²) in [6, 6.07) is -0.101. The summed E-state index contributed by atoms with van der Waals surface area (Å²) in [7, 11) is 0. The predicted octanol–water partition coefficient (Wildman–Crippen LogP) is 1.30.